The number of ether oxygens (including phenoxy) is 4. The topological polar surface area (TPSA) is 126 Å². The van der Waals surface area contributed by atoms with Crippen LogP contribution < -0.4 is 16.0 Å². The van der Waals surface area contributed by atoms with Crippen LogP contribution in [0.25, 0.3) is 0 Å². The fourth-order valence-electron chi connectivity index (χ4n) is 5.54. The summed E-state index contributed by atoms with van der Waals surface area (Å²) in [5, 5.41) is 0. The molecule has 6 rings (SSSR count). The quantitative estimate of drug-likeness (QED) is 0.179. The molecule has 10 nitrogen and oxygen atoms in total. The number of hydrogen-bond donors (Lipinski definition) is 1. The predicted octanol–water partition coefficient (Wildman–Crippen LogP) is 5.69. The number of carbonyl (C=O) groups is 2. The molecule has 49 heavy (non-hydrogen) atoms. The van der Waals surface area contributed by atoms with Crippen LogP contribution in [0.5, 0.6) is 5.75 Å². The normalized spacial score (nSPS) is 17.0. The van der Waals surface area contributed by atoms with Crippen molar-refractivity contribution in [1.29, 1.82) is 0 Å². The fraction of sp³-hybridized carbons (Fsp3) is 0.231. The zero-order valence-corrected chi connectivity index (χ0v) is 27.2. The molecule has 0 bridgehead atoms. The Kier molecular flexibility index (Phi) is 10.2. The van der Waals surface area contributed by atoms with Gasteiger partial charge >= 0.3 is 17.6 Å². The van der Waals surface area contributed by atoms with Crippen LogP contribution in [0, 0.1) is 13.8 Å². The molecule has 1 fully saturated rings. The number of esters is 2. The summed E-state index contributed by atoms with van der Waals surface area (Å²) < 4.78 is 24.9. The Morgan fingerprint density at radius 3 is 2.16 bits per heavy atom. The number of aromatic amines is 1. The summed E-state index contributed by atoms with van der Waals surface area (Å²) in [5.74, 6) is -0.492. The van der Waals surface area contributed by atoms with Gasteiger partial charge in [0.25, 0.3) is 5.56 Å². The highest BCUT2D eigenvalue weighted by molar-refractivity contribution is 5.90. The van der Waals surface area contributed by atoms with Crippen molar-refractivity contribution in [2.24, 2.45) is 0 Å². The van der Waals surface area contributed by atoms with Gasteiger partial charge in [0.2, 0.25) is 0 Å². The summed E-state index contributed by atoms with van der Waals surface area (Å²) in [5.41, 5.74) is 3.65. The van der Waals surface area contributed by atoms with E-state index < -0.39 is 41.6 Å². The highest BCUT2D eigenvalue weighted by Gasteiger charge is 2.40. The number of aryl methyl sites for hydroxylation is 2. The Morgan fingerprint density at radius 1 is 0.816 bits per heavy atom. The molecule has 0 saturated carbocycles. The average molecular weight is 661 g/mol. The first-order valence-electron chi connectivity index (χ1n) is 16.0. The number of hydrogen-bond acceptors (Lipinski definition) is 8. The van der Waals surface area contributed by atoms with E-state index in [-0.39, 0.29) is 19.4 Å². The lowest BCUT2D eigenvalue weighted by molar-refractivity contribution is -0.0582. The van der Waals surface area contributed by atoms with Gasteiger partial charge in [-0.25, -0.2) is 14.4 Å². The highest BCUT2D eigenvalue weighted by Crippen LogP contribution is 2.31. The van der Waals surface area contributed by atoms with Crippen molar-refractivity contribution in [1.82, 2.24) is 9.55 Å². The van der Waals surface area contributed by atoms with Crippen molar-refractivity contribution in [2.45, 2.75) is 51.7 Å². The molecular weight excluding hydrogens is 624 g/mol. The molecule has 0 unspecified atom stereocenters. The second-order valence-electron chi connectivity index (χ2n) is 12.1. The third-order valence-electron chi connectivity index (χ3n) is 8.29. The van der Waals surface area contributed by atoms with Crippen LogP contribution in [0.3, 0.4) is 0 Å². The molecule has 1 aliphatic rings. The number of aromatic nitrogens is 2. The number of nitrogens with one attached hydrogen (secondary N) is 1. The maximum absolute atomic E-state index is 13.1. The Hall–Kier alpha value is -5.74. The lowest BCUT2D eigenvalue weighted by Crippen LogP contribution is -2.34. The SMILES string of the molecule is Cc1ccc(C(=O)OC[C@H]2O[C@H](n3cc(Cc4cccc(OCc5ccccc5)c4)c(=O)[nH]c3=O)C[C@@H]2OC(=O)c2ccc(C)cc2)cc1. The van der Waals surface area contributed by atoms with E-state index in [2.05, 4.69) is 4.98 Å². The third-order valence-corrected chi connectivity index (χ3v) is 8.29. The van der Waals surface area contributed by atoms with E-state index in [0.29, 0.717) is 29.0 Å². The van der Waals surface area contributed by atoms with E-state index in [1.807, 2.05) is 68.4 Å². The number of benzene rings is 4. The van der Waals surface area contributed by atoms with Crippen LogP contribution in [0.1, 0.15) is 61.2 Å². The van der Waals surface area contributed by atoms with Crippen LogP contribution >= 0.6 is 0 Å². The van der Waals surface area contributed by atoms with Gasteiger partial charge in [0.05, 0.1) is 11.1 Å². The lowest BCUT2D eigenvalue weighted by Gasteiger charge is -2.19. The van der Waals surface area contributed by atoms with Gasteiger partial charge in [0.1, 0.15) is 37.4 Å². The largest absolute Gasteiger partial charge is 0.489 e. The molecule has 0 spiro atoms. The molecule has 4 aromatic carbocycles. The van der Waals surface area contributed by atoms with Gasteiger partial charge in [-0.3, -0.25) is 14.3 Å². The maximum atomic E-state index is 13.1. The fourth-order valence-corrected chi connectivity index (χ4v) is 5.54. The van der Waals surface area contributed by atoms with Gasteiger partial charge in [-0.15, -0.1) is 0 Å². The van der Waals surface area contributed by atoms with Crippen LogP contribution in [-0.4, -0.2) is 40.3 Å². The minimum absolute atomic E-state index is 0.0819. The van der Waals surface area contributed by atoms with Gasteiger partial charge in [-0.1, -0.05) is 77.9 Å². The molecule has 250 valence electrons. The molecule has 0 aliphatic carbocycles. The Balaban J connectivity index is 1.20. The minimum Gasteiger partial charge on any atom is -0.489 e. The number of nitrogens with zero attached hydrogens (tertiary/aromatic N) is 1. The zero-order chi connectivity index (χ0) is 34.3. The second kappa shape index (κ2) is 15.0. The molecule has 1 N–H and O–H groups in total. The van der Waals surface area contributed by atoms with E-state index >= 15 is 0 Å². The second-order valence-corrected chi connectivity index (χ2v) is 12.1. The predicted molar refractivity (Wildman–Crippen MR) is 182 cm³/mol. The van der Waals surface area contributed by atoms with Crippen LogP contribution in [0.2, 0.25) is 0 Å². The molecule has 1 saturated heterocycles. The number of H-pyrrole nitrogens is 1. The first-order chi connectivity index (χ1) is 23.7. The summed E-state index contributed by atoms with van der Waals surface area (Å²) in [6.07, 6.45) is -0.891. The van der Waals surface area contributed by atoms with Gasteiger partial charge in [0.15, 0.2) is 0 Å². The summed E-state index contributed by atoms with van der Waals surface area (Å²) >= 11 is 0. The summed E-state index contributed by atoms with van der Waals surface area (Å²) in [6, 6.07) is 31.1. The zero-order valence-electron chi connectivity index (χ0n) is 27.2. The van der Waals surface area contributed by atoms with Crippen LogP contribution in [0.4, 0.5) is 0 Å². The Morgan fingerprint density at radius 2 is 1.47 bits per heavy atom. The van der Waals surface area contributed by atoms with Crippen LogP contribution in [-0.2, 0) is 27.2 Å². The average Bonchev–Trinajstić information content (AvgIpc) is 3.50. The first-order valence-corrected chi connectivity index (χ1v) is 16.0. The first kappa shape index (κ1) is 33.2. The molecule has 3 atom stereocenters. The van der Waals surface area contributed by atoms with Crippen molar-refractivity contribution in [3.8, 4) is 5.75 Å². The van der Waals surface area contributed by atoms with Gasteiger partial charge in [-0.2, -0.15) is 0 Å². The molecule has 10 heteroatoms. The van der Waals surface area contributed by atoms with Gasteiger partial charge in [-0.05, 0) is 61.4 Å². The van der Waals surface area contributed by atoms with Crippen molar-refractivity contribution >= 4 is 11.9 Å². The Bertz CT molecular complexity index is 2040. The standard InChI is InChI=1S/C39H36N2O8/c1-25-11-15-29(16-12-25)37(43)47-24-34-33(49-38(44)30-17-13-26(2)14-18-30)21-35(48-34)41-22-31(36(42)40-39(41)45)19-28-9-6-10-32(20-28)46-23-27-7-4-3-5-8-27/h3-18,20,22,33-35H,19,21,23-24H2,1-2H3,(H,40,42,45)/t33-,34+,35-/m0/s1. The maximum Gasteiger partial charge on any atom is 0.338 e. The van der Waals surface area contributed by atoms with Crippen molar-refractivity contribution in [3.05, 3.63) is 169 Å². The monoisotopic (exact) mass is 660 g/mol. The van der Waals surface area contributed by atoms with E-state index in [1.165, 1.54) is 10.8 Å². The molecule has 0 radical (unpaired) electrons. The molecular formula is C39H36N2O8. The van der Waals surface area contributed by atoms with E-state index in [4.69, 9.17) is 18.9 Å². The highest BCUT2D eigenvalue weighted by atomic mass is 16.6. The number of carbonyl (C=O) groups excluding carboxylic acids is 2. The van der Waals surface area contributed by atoms with Gasteiger partial charge in [0, 0.05) is 24.6 Å². The van der Waals surface area contributed by atoms with Crippen molar-refractivity contribution in [2.75, 3.05) is 6.61 Å². The van der Waals surface area contributed by atoms with Crippen molar-refractivity contribution < 1.29 is 28.5 Å². The molecule has 5 aromatic rings. The summed E-state index contributed by atoms with van der Waals surface area (Å²) in [4.78, 5) is 54.3. The third kappa shape index (κ3) is 8.41. The van der Waals surface area contributed by atoms with Crippen LogP contribution in [0.15, 0.2) is 119 Å². The Labute approximate surface area is 282 Å². The minimum atomic E-state index is -0.914. The molecule has 2 heterocycles. The van der Waals surface area contributed by atoms with E-state index in [0.717, 1.165) is 22.3 Å². The molecule has 1 aliphatic heterocycles. The molecule has 0 amide bonds. The molecule has 1 aromatic heterocycles. The smallest absolute Gasteiger partial charge is 0.338 e. The van der Waals surface area contributed by atoms with E-state index in [9.17, 15) is 19.2 Å². The van der Waals surface area contributed by atoms with Gasteiger partial charge < -0.3 is 18.9 Å². The number of rotatable bonds is 11. The van der Waals surface area contributed by atoms with E-state index in [1.54, 1.807) is 48.5 Å². The van der Waals surface area contributed by atoms with Crippen molar-refractivity contribution in [3.63, 3.8) is 0 Å². The lowest BCUT2D eigenvalue weighted by atomic mass is 10.1. The summed E-state index contributed by atoms with van der Waals surface area (Å²) in [6.45, 7) is 3.99. The summed E-state index contributed by atoms with van der Waals surface area (Å²) in [7, 11) is 0.